The number of nitriles is 1. The zero-order valence-electron chi connectivity index (χ0n) is 10.6. The van der Waals surface area contributed by atoms with Gasteiger partial charge in [0.25, 0.3) is 0 Å². The maximum atomic E-state index is 9.47. The number of hydrogen-bond donors (Lipinski definition) is 1. The number of nitrogens with two attached hydrogens (primary N) is 1. The summed E-state index contributed by atoms with van der Waals surface area (Å²) in [4.78, 5) is 0. The molecule has 0 amide bonds. The van der Waals surface area contributed by atoms with Crippen LogP contribution in [0.25, 0.3) is 0 Å². The van der Waals surface area contributed by atoms with Crippen LogP contribution < -0.4 is 5.73 Å². The van der Waals surface area contributed by atoms with Crippen LogP contribution in [0.2, 0.25) is 0 Å². The maximum absolute atomic E-state index is 9.47. The minimum atomic E-state index is -0.300. The second-order valence-corrected chi connectivity index (χ2v) is 4.55. The molecule has 18 heavy (non-hydrogen) atoms. The topological polar surface area (TPSA) is 49.8 Å². The van der Waals surface area contributed by atoms with E-state index in [1.54, 1.807) is 0 Å². The Kier molecular flexibility index (Phi) is 3.34. The largest absolute Gasteiger partial charge is 0.398 e. The number of anilines is 1. The molecule has 1 unspecified atom stereocenters. The van der Waals surface area contributed by atoms with E-state index in [4.69, 9.17) is 5.73 Å². The van der Waals surface area contributed by atoms with E-state index in [1.807, 2.05) is 44.2 Å². The van der Waals surface area contributed by atoms with Crippen molar-refractivity contribution >= 4 is 5.69 Å². The van der Waals surface area contributed by atoms with Crippen LogP contribution in [0.3, 0.4) is 0 Å². The van der Waals surface area contributed by atoms with Crippen molar-refractivity contribution in [2.24, 2.45) is 0 Å². The van der Waals surface area contributed by atoms with Gasteiger partial charge in [0.2, 0.25) is 0 Å². The first kappa shape index (κ1) is 12.2. The number of para-hydroxylation sites is 1. The molecule has 0 aromatic heterocycles. The van der Waals surface area contributed by atoms with Gasteiger partial charge in [0, 0.05) is 5.69 Å². The van der Waals surface area contributed by atoms with Gasteiger partial charge in [-0.25, -0.2) is 0 Å². The average Bonchev–Trinajstić information content (AvgIpc) is 2.36. The lowest BCUT2D eigenvalue weighted by molar-refractivity contribution is 1.02. The van der Waals surface area contributed by atoms with Crippen LogP contribution in [-0.2, 0) is 0 Å². The van der Waals surface area contributed by atoms with Gasteiger partial charge < -0.3 is 5.73 Å². The normalized spacial score (nSPS) is 11.8. The SMILES string of the molecule is Cc1ccc(C)c(C(C#N)c2ccccc2N)c1. The van der Waals surface area contributed by atoms with Crippen LogP contribution in [0.4, 0.5) is 5.69 Å². The van der Waals surface area contributed by atoms with E-state index in [0.717, 1.165) is 22.3 Å². The molecule has 2 aromatic rings. The summed E-state index contributed by atoms with van der Waals surface area (Å²) in [5, 5.41) is 9.47. The minimum Gasteiger partial charge on any atom is -0.398 e. The van der Waals surface area contributed by atoms with Crippen molar-refractivity contribution in [3.8, 4) is 6.07 Å². The molecule has 2 aromatic carbocycles. The zero-order chi connectivity index (χ0) is 13.1. The number of aryl methyl sites for hydroxylation is 2. The van der Waals surface area contributed by atoms with Crippen molar-refractivity contribution in [2.75, 3.05) is 5.73 Å². The van der Waals surface area contributed by atoms with E-state index >= 15 is 0 Å². The monoisotopic (exact) mass is 236 g/mol. The lowest BCUT2D eigenvalue weighted by Crippen LogP contribution is -2.04. The third-order valence-corrected chi connectivity index (χ3v) is 3.18. The lowest BCUT2D eigenvalue weighted by Gasteiger charge is -2.15. The zero-order valence-corrected chi connectivity index (χ0v) is 10.6. The first-order valence-electron chi connectivity index (χ1n) is 5.94. The van der Waals surface area contributed by atoms with Gasteiger partial charge in [-0.2, -0.15) is 5.26 Å². The smallest absolute Gasteiger partial charge is 0.0985 e. The van der Waals surface area contributed by atoms with E-state index in [2.05, 4.69) is 18.2 Å². The Morgan fingerprint density at radius 2 is 1.78 bits per heavy atom. The van der Waals surface area contributed by atoms with Crippen molar-refractivity contribution in [1.29, 1.82) is 5.26 Å². The van der Waals surface area contributed by atoms with Crippen LogP contribution in [-0.4, -0.2) is 0 Å². The predicted octanol–water partition coefficient (Wildman–Crippen LogP) is 3.54. The summed E-state index contributed by atoms with van der Waals surface area (Å²) in [6.45, 7) is 4.06. The third-order valence-electron chi connectivity index (χ3n) is 3.18. The molecule has 2 N–H and O–H groups in total. The number of hydrogen-bond acceptors (Lipinski definition) is 2. The third kappa shape index (κ3) is 2.21. The van der Waals surface area contributed by atoms with Crippen molar-refractivity contribution in [3.05, 3.63) is 64.7 Å². The molecular formula is C16H16N2. The first-order chi connectivity index (χ1) is 8.63. The second-order valence-electron chi connectivity index (χ2n) is 4.55. The summed E-state index contributed by atoms with van der Waals surface area (Å²) in [6, 6.07) is 16.1. The van der Waals surface area contributed by atoms with Crippen molar-refractivity contribution in [1.82, 2.24) is 0 Å². The molecule has 0 aliphatic heterocycles. The van der Waals surface area contributed by atoms with Gasteiger partial charge in [0.1, 0.15) is 0 Å². The summed E-state index contributed by atoms with van der Waals surface area (Å²) in [5.74, 6) is -0.300. The number of rotatable bonds is 2. The van der Waals surface area contributed by atoms with Crippen molar-refractivity contribution in [3.63, 3.8) is 0 Å². The molecule has 0 bridgehead atoms. The lowest BCUT2D eigenvalue weighted by atomic mass is 9.88. The van der Waals surface area contributed by atoms with Crippen LogP contribution in [0.5, 0.6) is 0 Å². The first-order valence-corrected chi connectivity index (χ1v) is 5.94. The highest BCUT2D eigenvalue weighted by atomic mass is 14.6. The van der Waals surface area contributed by atoms with Gasteiger partial charge in [0.15, 0.2) is 0 Å². The van der Waals surface area contributed by atoms with Gasteiger partial charge in [-0.15, -0.1) is 0 Å². The van der Waals surface area contributed by atoms with E-state index in [1.165, 1.54) is 0 Å². The standard InChI is InChI=1S/C16H16N2/c1-11-7-8-12(2)14(9-11)15(10-17)13-5-3-4-6-16(13)18/h3-9,15H,18H2,1-2H3. The van der Waals surface area contributed by atoms with E-state index < -0.39 is 0 Å². The fourth-order valence-corrected chi connectivity index (χ4v) is 2.15. The molecule has 0 radical (unpaired) electrons. The van der Waals surface area contributed by atoms with Gasteiger partial charge in [0.05, 0.1) is 12.0 Å². The van der Waals surface area contributed by atoms with Crippen LogP contribution in [0.1, 0.15) is 28.2 Å². The molecule has 2 nitrogen and oxygen atoms in total. The average molecular weight is 236 g/mol. The summed E-state index contributed by atoms with van der Waals surface area (Å²) in [7, 11) is 0. The molecule has 2 rings (SSSR count). The Bertz CT molecular complexity index is 609. The highest BCUT2D eigenvalue weighted by molar-refractivity contribution is 5.55. The van der Waals surface area contributed by atoms with Gasteiger partial charge >= 0.3 is 0 Å². The maximum Gasteiger partial charge on any atom is 0.0985 e. The number of benzene rings is 2. The predicted molar refractivity (Wildman–Crippen MR) is 74.2 cm³/mol. The quantitative estimate of drug-likeness (QED) is 0.811. The molecular weight excluding hydrogens is 220 g/mol. The molecule has 0 fully saturated rings. The van der Waals surface area contributed by atoms with Crippen molar-refractivity contribution < 1.29 is 0 Å². The van der Waals surface area contributed by atoms with E-state index in [-0.39, 0.29) is 5.92 Å². The molecule has 0 spiro atoms. The van der Waals surface area contributed by atoms with Crippen LogP contribution in [0, 0.1) is 25.2 Å². The molecule has 0 aliphatic carbocycles. The summed E-state index contributed by atoms with van der Waals surface area (Å²) >= 11 is 0. The van der Waals surface area contributed by atoms with Crippen LogP contribution >= 0.6 is 0 Å². The second kappa shape index (κ2) is 4.93. The Morgan fingerprint density at radius 1 is 1.06 bits per heavy atom. The molecule has 0 saturated heterocycles. The Morgan fingerprint density at radius 3 is 2.44 bits per heavy atom. The fourth-order valence-electron chi connectivity index (χ4n) is 2.15. The van der Waals surface area contributed by atoms with E-state index in [0.29, 0.717) is 5.69 Å². The highest BCUT2D eigenvalue weighted by Crippen LogP contribution is 2.30. The molecule has 0 heterocycles. The van der Waals surface area contributed by atoms with Gasteiger partial charge in [-0.3, -0.25) is 0 Å². The fraction of sp³-hybridized carbons (Fsp3) is 0.188. The number of nitrogens with zero attached hydrogens (tertiary/aromatic N) is 1. The Labute approximate surface area is 108 Å². The van der Waals surface area contributed by atoms with Crippen molar-refractivity contribution in [2.45, 2.75) is 19.8 Å². The molecule has 2 heteroatoms. The van der Waals surface area contributed by atoms with E-state index in [9.17, 15) is 5.26 Å². The summed E-state index contributed by atoms with van der Waals surface area (Å²) in [6.07, 6.45) is 0. The summed E-state index contributed by atoms with van der Waals surface area (Å²) in [5.41, 5.74) is 10.8. The van der Waals surface area contributed by atoms with Gasteiger partial charge in [-0.1, -0.05) is 42.0 Å². The Balaban J connectivity index is 2.57. The Hall–Kier alpha value is -2.27. The molecule has 90 valence electrons. The molecule has 0 aliphatic rings. The van der Waals surface area contributed by atoms with Gasteiger partial charge in [-0.05, 0) is 36.6 Å². The molecule has 0 saturated carbocycles. The highest BCUT2D eigenvalue weighted by Gasteiger charge is 2.17. The minimum absolute atomic E-state index is 0.300. The van der Waals surface area contributed by atoms with Crippen LogP contribution in [0.15, 0.2) is 42.5 Å². The molecule has 1 atom stereocenters. The number of nitrogen functional groups attached to an aromatic ring is 1. The summed E-state index contributed by atoms with van der Waals surface area (Å²) < 4.78 is 0.